The summed E-state index contributed by atoms with van der Waals surface area (Å²) in [7, 11) is 0. The van der Waals surface area contributed by atoms with Gasteiger partial charge in [-0.2, -0.15) is 25.3 Å². The number of ketones is 1. The van der Waals surface area contributed by atoms with Crippen molar-refractivity contribution in [2.45, 2.75) is 24.3 Å². The summed E-state index contributed by atoms with van der Waals surface area (Å²) < 4.78 is -0.105. The summed E-state index contributed by atoms with van der Waals surface area (Å²) in [6.45, 7) is 1.36. The van der Waals surface area contributed by atoms with Crippen molar-refractivity contribution in [1.29, 1.82) is 0 Å². The molecule has 70 valence electrons. The lowest BCUT2D eigenvalue weighted by molar-refractivity contribution is -0.131. The zero-order valence-electron chi connectivity index (χ0n) is 6.86. The van der Waals surface area contributed by atoms with Gasteiger partial charge in [0.15, 0.2) is 0 Å². The molecule has 0 rings (SSSR count). The highest BCUT2D eigenvalue weighted by molar-refractivity contribution is 7.99. The van der Waals surface area contributed by atoms with Gasteiger partial charge in [0.25, 0.3) is 0 Å². The molecule has 0 fully saturated rings. The Morgan fingerprint density at radius 3 is 2.08 bits per heavy atom. The molecule has 0 aliphatic heterocycles. The number of hydrogen-bond donors (Lipinski definition) is 3. The molecule has 0 aliphatic carbocycles. The molecule has 1 amide bonds. The Morgan fingerprint density at radius 1 is 1.33 bits per heavy atom. The van der Waals surface area contributed by atoms with Gasteiger partial charge in [-0.15, -0.1) is 0 Å². The maximum Gasteiger partial charge on any atom is 0.227 e. The molecule has 0 aromatic heterocycles. The van der Waals surface area contributed by atoms with E-state index in [-0.39, 0.29) is 10.4 Å². The number of hydrogen-bond acceptors (Lipinski definition) is 4. The van der Waals surface area contributed by atoms with Crippen LogP contribution < -0.4 is 5.73 Å². The number of carbonyl (C=O) groups excluding carboxylic acids is 2. The third-order valence-corrected chi connectivity index (χ3v) is 2.06. The Morgan fingerprint density at radius 2 is 1.83 bits per heavy atom. The van der Waals surface area contributed by atoms with Gasteiger partial charge in [0.1, 0.15) is 5.78 Å². The molecule has 12 heavy (non-hydrogen) atoms. The first kappa shape index (κ1) is 11.8. The summed E-state index contributed by atoms with van der Waals surface area (Å²) in [5, 5.41) is 0. The molecule has 0 heterocycles. The third kappa shape index (κ3) is 4.66. The standard InChI is InChI=1S/C7H13NO2S2/c1-4(9)5(7(8)10)2-3-6(11)12/h5-6,11-12H,2-3H2,1H3,(H2,8,10). The van der Waals surface area contributed by atoms with Gasteiger partial charge in [-0.3, -0.25) is 9.59 Å². The summed E-state index contributed by atoms with van der Waals surface area (Å²) in [6, 6.07) is 0. The Hall–Kier alpha value is -0.160. The summed E-state index contributed by atoms with van der Waals surface area (Å²) in [5.41, 5.74) is 5.01. The van der Waals surface area contributed by atoms with E-state index in [0.29, 0.717) is 12.8 Å². The van der Waals surface area contributed by atoms with E-state index in [2.05, 4.69) is 25.3 Å². The molecule has 1 atom stereocenters. The largest absolute Gasteiger partial charge is 0.369 e. The van der Waals surface area contributed by atoms with Crippen molar-refractivity contribution in [2.75, 3.05) is 0 Å². The number of carbonyl (C=O) groups is 2. The van der Waals surface area contributed by atoms with Crippen LogP contribution in [0.1, 0.15) is 19.8 Å². The van der Waals surface area contributed by atoms with Crippen LogP contribution in [0.2, 0.25) is 0 Å². The molecule has 2 N–H and O–H groups in total. The van der Waals surface area contributed by atoms with E-state index in [9.17, 15) is 9.59 Å². The van der Waals surface area contributed by atoms with E-state index in [1.54, 1.807) is 0 Å². The highest BCUT2D eigenvalue weighted by Gasteiger charge is 2.20. The molecule has 0 radical (unpaired) electrons. The van der Waals surface area contributed by atoms with Crippen molar-refractivity contribution in [1.82, 2.24) is 0 Å². The molecule has 0 bridgehead atoms. The lowest BCUT2D eigenvalue weighted by Gasteiger charge is -2.09. The third-order valence-electron chi connectivity index (χ3n) is 1.55. The van der Waals surface area contributed by atoms with Gasteiger partial charge in [-0.05, 0) is 19.8 Å². The van der Waals surface area contributed by atoms with E-state index in [0.717, 1.165) is 0 Å². The number of nitrogens with two attached hydrogens (primary N) is 1. The average Bonchev–Trinajstić information content (AvgIpc) is 1.84. The van der Waals surface area contributed by atoms with Crippen LogP contribution in [0.3, 0.4) is 0 Å². The number of primary amides is 1. The molecular weight excluding hydrogens is 194 g/mol. The first-order valence-electron chi connectivity index (χ1n) is 3.61. The average molecular weight is 207 g/mol. The minimum absolute atomic E-state index is 0.105. The van der Waals surface area contributed by atoms with Crippen LogP contribution in [-0.2, 0) is 9.59 Å². The fourth-order valence-corrected chi connectivity index (χ4v) is 1.16. The normalized spacial score (nSPS) is 13.0. The maximum atomic E-state index is 10.8. The van der Waals surface area contributed by atoms with Crippen LogP contribution in [0.15, 0.2) is 0 Å². The molecule has 0 spiro atoms. The second kappa shape index (κ2) is 5.48. The molecule has 0 saturated heterocycles. The number of thiol groups is 2. The van der Waals surface area contributed by atoms with Gasteiger partial charge in [0, 0.05) is 4.58 Å². The van der Waals surface area contributed by atoms with Crippen molar-refractivity contribution >= 4 is 36.9 Å². The van der Waals surface area contributed by atoms with E-state index >= 15 is 0 Å². The first-order chi connectivity index (χ1) is 5.45. The minimum Gasteiger partial charge on any atom is -0.369 e. The monoisotopic (exact) mass is 207 g/mol. The highest BCUT2D eigenvalue weighted by atomic mass is 32.2. The van der Waals surface area contributed by atoms with Gasteiger partial charge < -0.3 is 5.73 Å². The topological polar surface area (TPSA) is 60.2 Å². The Kier molecular flexibility index (Phi) is 5.41. The molecule has 0 aliphatic rings. The van der Waals surface area contributed by atoms with Gasteiger partial charge in [-0.25, -0.2) is 0 Å². The fraction of sp³-hybridized carbons (Fsp3) is 0.714. The first-order valence-corrected chi connectivity index (χ1v) is 4.64. The molecule has 0 aromatic rings. The van der Waals surface area contributed by atoms with Crippen LogP contribution in [0.4, 0.5) is 0 Å². The molecular formula is C7H13NO2S2. The van der Waals surface area contributed by atoms with Gasteiger partial charge >= 0.3 is 0 Å². The Balaban J connectivity index is 3.97. The number of rotatable bonds is 5. The molecule has 0 aromatic carbocycles. The number of amides is 1. The predicted octanol–water partition coefficient (Wildman–Crippen LogP) is 0.643. The predicted molar refractivity (Wildman–Crippen MR) is 54.4 cm³/mol. The van der Waals surface area contributed by atoms with E-state index in [4.69, 9.17) is 5.73 Å². The SMILES string of the molecule is CC(=O)C(CCC(S)S)C(N)=O. The van der Waals surface area contributed by atoms with E-state index in [1.807, 2.05) is 0 Å². The minimum atomic E-state index is -0.674. The zero-order valence-corrected chi connectivity index (χ0v) is 8.65. The van der Waals surface area contributed by atoms with Crippen LogP contribution >= 0.6 is 25.3 Å². The lowest BCUT2D eigenvalue weighted by atomic mass is 9.99. The van der Waals surface area contributed by atoms with Crippen LogP contribution in [0.5, 0.6) is 0 Å². The highest BCUT2D eigenvalue weighted by Crippen LogP contribution is 2.14. The van der Waals surface area contributed by atoms with Crippen molar-refractivity contribution < 1.29 is 9.59 Å². The second-order valence-electron chi connectivity index (χ2n) is 2.62. The van der Waals surface area contributed by atoms with Crippen LogP contribution in [-0.4, -0.2) is 16.3 Å². The van der Waals surface area contributed by atoms with Gasteiger partial charge in [-0.1, -0.05) is 0 Å². The molecule has 1 unspecified atom stereocenters. The molecule has 5 heteroatoms. The van der Waals surface area contributed by atoms with Crippen molar-refractivity contribution in [3.8, 4) is 0 Å². The zero-order chi connectivity index (χ0) is 9.72. The van der Waals surface area contributed by atoms with E-state index < -0.39 is 11.8 Å². The summed E-state index contributed by atoms with van der Waals surface area (Å²) in [6.07, 6.45) is 1.03. The summed E-state index contributed by atoms with van der Waals surface area (Å²) in [5.74, 6) is -1.43. The lowest BCUT2D eigenvalue weighted by Crippen LogP contribution is -2.29. The summed E-state index contributed by atoms with van der Waals surface area (Å²) >= 11 is 8.02. The quantitative estimate of drug-likeness (QED) is 0.352. The second-order valence-corrected chi connectivity index (χ2v) is 4.28. The number of Topliss-reactive ketones (excluding diaryl/α,β-unsaturated/α-hetero) is 1. The Labute approximate surface area is 82.9 Å². The molecule has 0 saturated carbocycles. The smallest absolute Gasteiger partial charge is 0.227 e. The van der Waals surface area contributed by atoms with Crippen molar-refractivity contribution in [3.63, 3.8) is 0 Å². The molecule has 3 nitrogen and oxygen atoms in total. The van der Waals surface area contributed by atoms with Gasteiger partial charge in [0.05, 0.1) is 5.92 Å². The van der Waals surface area contributed by atoms with Crippen molar-refractivity contribution in [2.24, 2.45) is 11.7 Å². The van der Waals surface area contributed by atoms with Crippen molar-refractivity contribution in [3.05, 3.63) is 0 Å². The Bertz CT molecular complexity index is 168. The maximum absolute atomic E-state index is 10.8. The van der Waals surface area contributed by atoms with Gasteiger partial charge in [0.2, 0.25) is 5.91 Å². The van der Waals surface area contributed by atoms with E-state index in [1.165, 1.54) is 6.92 Å². The fourth-order valence-electron chi connectivity index (χ4n) is 0.862. The van der Waals surface area contributed by atoms with Crippen LogP contribution in [0, 0.1) is 5.92 Å². The summed E-state index contributed by atoms with van der Waals surface area (Å²) in [4.78, 5) is 21.6. The van der Waals surface area contributed by atoms with Crippen LogP contribution in [0.25, 0.3) is 0 Å².